The van der Waals surface area contributed by atoms with Gasteiger partial charge < -0.3 is 5.32 Å². The summed E-state index contributed by atoms with van der Waals surface area (Å²) in [7, 11) is 0. The summed E-state index contributed by atoms with van der Waals surface area (Å²) in [5.41, 5.74) is -0.109. The molecule has 0 saturated heterocycles. The molecule has 0 radical (unpaired) electrons. The Morgan fingerprint density at radius 3 is 2.00 bits per heavy atom. The third kappa shape index (κ3) is 3.20. The summed E-state index contributed by atoms with van der Waals surface area (Å²) in [4.78, 5) is 0. The van der Waals surface area contributed by atoms with Crippen molar-refractivity contribution in [2.45, 2.75) is 25.1 Å². The quantitative estimate of drug-likeness (QED) is 0.811. The van der Waals surface area contributed by atoms with E-state index in [4.69, 9.17) is 0 Å². The van der Waals surface area contributed by atoms with Crippen LogP contribution in [-0.2, 0) is 0 Å². The standard InChI is InChI=1S/C11H11BrF5N/c1-2-18-9(10(13,14)11(15,16)17)7-3-5-8(12)6-4-7/h3-6,9,18H,2H2,1H3. The smallest absolute Gasteiger partial charge is 0.305 e. The van der Waals surface area contributed by atoms with Gasteiger partial charge in [0.15, 0.2) is 0 Å². The molecule has 7 heteroatoms. The van der Waals surface area contributed by atoms with Gasteiger partial charge in [0.05, 0.1) is 0 Å². The van der Waals surface area contributed by atoms with Crippen molar-refractivity contribution in [1.82, 2.24) is 5.32 Å². The molecule has 0 spiro atoms. The molecule has 1 atom stereocenters. The van der Waals surface area contributed by atoms with Gasteiger partial charge in [-0.05, 0) is 24.2 Å². The molecule has 0 aliphatic rings. The normalized spacial score (nSPS) is 14.6. The minimum atomic E-state index is -5.59. The number of rotatable bonds is 4. The number of halogens is 6. The Morgan fingerprint density at radius 1 is 1.11 bits per heavy atom. The van der Waals surface area contributed by atoms with E-state index < -0.39 is 18.1 Å². The minimum Gasteiger partial charge on any atom is -0.305 e. The number of nitrogens with one attached hydrogen (secondary N) is 1. The maximum absolute atomic E-state index is 13.4. The van der Waals surface area contributed by atoms with Crippen molar-refractivity contribution in [1.29, 1.82) is 0 Å². The summed E-state index contributed by atoms with van der Waals surface area (Å²) >= 11 is 3.09. The first-order chi connectivity index (χ1) is 8.20. The van der Waals surface area contributed by atoms with E-state index in [1.807, 2.05) is 0 Å². The second kappa shape index (κ2) is 5.52. The number of hydrogen-bond donors (Lipinski definition) is 1. The molecule has 0 bridgehead atoms. The van der Waals surface area contributed by atoms with Crippen molar-refractivity contribution in [3.8, 4) is 0 Å². The average Bonchev–Trinajstić information content (AvgIpc) is 2.25. The fraction of sp³-hybridized carbons (Fsp3) is 0.455. The average molecular weight is 332 g/mol. The van der Waals surface area contributed by atoms with Crippen molar-refractivity contribution in [3.05, 3.63) is 34.3 Å². The molecule has 18 heavy (non-hydrogen) atoms. The molecule has 1 aromatic rings. The van der Waals surface area contributed by atoms with Gasteiger partial charge in [-0.2, -0.15) is 22.0 Å². The molecule has 0 saturated carbocycles. The Kier molecular flexibility index (Phi) is 4.72. The van der Waals surface area contributed by atoms with Crippen LogP contribution in [0.25, 0.3) is 0 Å². The van der Waals surface area contributed by atoms with Gasteiger partial charge in [0.2, 0.25) is 0 Å². The van der Waals surface area contributed by atoms with Crippen LogP contribution in [0.5, 0.6) is 0 Å². The Balaban J connectivity index is 3.13. The minimum absolute atomic E-state index is 0.00635. The Bertz CT molecular complexity index is 387. The highest BCUT2D eigenvalue weighted by molar-refractivity contribution is 9.10. The molecule has 0 fully saturated rings. The van der Waals surface area contributed by atoms with Gasteiger partial charge in [-0.25, -0.2) is 0 Å². The van der Waals surface area contributed by atoms with Crippen LogP contribution >= 0.6 is 15.9 Å². The van der Waals surface area contributed by atoms with Gasteiger partial charge in [-0.15, -0.1) is 0 Å². The van der Waals surface area contributed by atoms with Crippen LogP contribution in [0.2, 0.25) is 0 Å². The van der Waals surface area contributed by atoms with E-state index in [-0.39, 0.29) is 12.1 Å². The molecule has 0 amide bonds. The fourth-order valence-corrected chi connectivity index (χ4v) is 1.74. The molecule has 0 aliphatic heterocycles. The summed E-state index contributed by atoms with van der Waals surface area (Å²) in [5.74, 6) is -4.82. The van der Waals surface area contributed by atoms with Crippen molar-refractivity contribution in [3.63, 3.8) is 0 Å². The highest BCUT2D eigenvalue weighted by Crippen LogP contribution is 2.44. The van der Waals surface area contributed by atoms with Gasteiger partial charge in [0.25, 0.3) is 0 Å². The summed E-state index contributed by atoms with van der Waals surface area (Å²) < 4.78 is 64.5. The molecule has 102 valence electrons. The first kappa shape index (κ1) is 15.4. The molecule has 1 nitrogen and oxygen atoms in total. The molecule has 1 rings (SSSR count). The zero-order chi connectivity index (χ0) is 14.0. The van der Waals surface area contributed by atoms with Crippen LogP contribution in [0.15, 0.2) is 28.7 Å². The van der Waals surface area contributed by atoms with Crippen LogP contribution in [0.4, 0.5) is 22.0 Å². The zero-order valence-corrected chi connectivity index (χ0v) is 10.9. The molecule has 0 aromatic heterocycles. The van der Waals surface area contributed by atoms with E-state index >= 15 is 0 Å². The lowest BCUT2D eigenvalue weighted by Crippen LogP contribution is -2.47. The fourth-order valence-electron chi connectivity index (χ4n) is 1.48. The molecule has 0 heterocycles. The molecule has 0 aliphatic carbocycles. The lowest BCUT2D eigenvalue weighted by Gasteiger charge is -2.29. The third-order valence-corrected chi connectivity index (χ3v) is 2.88. The second-order valence-corrected chi connectivity index (χ2v) is 4.58. The predicted molar refractivity (Wildman–Crippen MR) is 61.6 cm³/mol. The van der Waals surface area contributed by atoms with Gasteiger partial charge in [-0.3, -0.25) is 0 Å². The van der Waals surface area contributed by atoms with Crippen molar-refractivity contribution in [2.75, 3.05) is 6.54 Å². The van der Waals surface area contributed by atoms with Crippen LogP contribution in [0, 0.1) is 0 Å². The Labute approximate surface area is 110 Å². The van der Waals surface area contributed by atoms with E-state index in [0.717, 1.165) is 0 Å². The second-order valence-electron chi connectivity index (χ2n) is 3.66. The maximum Gasteiger partial charge on any atom is 0.455 e. The first-order valence-corrected chi connectivity index (χ1v) is 5.92. The molecular formula is C11H11BrF5N. The van der Waals surface area contributed by atoms with Gasteiger partial charge in [0, 0.05) is 4.47 Å². The Hall–Kier alpha value is -0.690. The van der Waals surface area contributed by atoms with Crippen LogP contribution in [-0.4, -0.2) is 18.6 Å². The predicted octanol–water partition coefficient (Wildman–Crippen LogP) is 4.30. The summed E-state index contributed by atoms with van der Waals surface area (Å²) in [6.45, 7) is 1.48. The highest BCUT2D eigenvalue weighted by atomic mass is 79.9. The Morgan fingerprint density at radius 2 is 1.61 bits per heavy atom. The monoisotopic (exact) mass is 331 g/mol. The summed E-state index contributed by atoms with van der Waals surface area (Å²) in [5, 5.41) is 2.18. The largest absolute Gasteiger partial charge is 0.455 e. The SMILES string of the molecule is CCNC(c1ccc(Br)cc1)C(F)(F)C(F)(F)F. The first-order valence-electron chi connectivity index (χ1n) is 5.13. The molecule has 1 unspecified atom stereocenters. The highest BCUT2D eigenvalue weighted by Gasteiger charge is 2.62. The molecular weight excluding hydrogens is 321 g/mol. The van der Waals surface area contributed by atoms with Crippen LogP contribution < -0.4 is 5.32 Å². The van der Waals surface area contributed by atoms with E-state index in [2.05, 4.69) is 21.2 Å². The maximum atomic E-state index is 13.4. The number of hydrogen-bond acceptors (Lipinski definition) is 1. The van der Waals surface area contributed by atoms with Crippen molar-refractivity contribution in [2.24, 2.45) is 0 Å². The van der Waals surface area contributed by atoms with E-state index in [0.29, 0.717) is 4.47 Å². The summed E-state index contributed by atoms with van der Waals surface area (Å²) in [6.07, 6.45) is -5.59. The lowest BCUT2D eigenvalue weighted by atomic mass is 10.00. The number of benzene rings is 1. The molecule has 1 N–H and O–H groups in total. The van der Waals surface area contributed by atoms with Crippen molar-refractivity contribution >= 4 is 15.9 Å². The third-order valence-electron chi connectivity index (χ3n) is 2.35. The molecule has 1 aromatic carbocycles. The topological polar surface area (TPSA) is 12.0 Å². The van der Waals surface area contributed by atoms with Crippen molar-refractivity contribution < 1.29 is 22.0 Å². The van der Waals surface area contributed by atoms with Gasteiger partial charge in [0.1, 0.15) is 6.04 Å². The van der Waals surface area contributed by atoms with E-state index in [1.165, 1.54) is 31.2 Å². The van der Waals surface area contributed by atoms with E-state index in [1.54, 1.807) is 0 Å². The van der Waals surface area contributed by atoms with Crippen LogP contribution in [0.1, 0.15) is 18.5 Å². The zero-order valence-electron chi connectivity index (χ0n) is 9.36. The number of alkyl halides is 5. The summed E-state index contributed by atoms with van der Waals surface area (Å²) in [6, 6.07) is 3.22. The van der Waals surface area contributed by atoms with E-state index in [9.17, 15) is 22.0 Å². The lowest BCUT2D eigenvalue weighted by molar-refractivity contribution is -0.294. The van der Waals surface area contributed by atoms with Gasteiger partial charge in [-0.1, -0.05) is 35.0 Å². The van der Waals surface area contributed by atoms with Gasteiger partial charge >= 0.3 is 12.1 Å². The van der Waals surface area contributed by atoms with Crippen LogP contribution in [0.3, 0.4) is 0 Å².